The monoisotopic (exact) mass is 586 g/mol. The van der Waals surface area contributed by atoms with E-state index in [2.05, 4.69) is 10.5 Å². The summed E-state index contributed by atoms with van der Waals surface area (Å²) in [5, 5.41) is 15.5. The molecule has 0 spiro atoms. The molecule has 0 saturated carbocycles. The molecule has 0 aliphatic carbocycles. The van der Waals surface area contributed by atoms with Crippen LogP contribution in [0.4, 0.5) is 11.4 Å². The van der Waals surface area contributed by atoms with Crippen LogP contribution in [-0.2, 0) is 14.8 Å². The molecule has 40 heavy (non-hydrogen) atoms. The second-order valence-corrected chi connectivity index (χ2v) is 11.3. The van der Waals surface area contributed by atoms with Gasteiger partial charge in [0.15, 0.2) is 4.90 Å². The number of carbonyl (C=O) groups excluding carboxylic acids is 1. The molecular weight excluding hydrogens is 560 g/mol. The summed E-state index contributed by atoms with van der Waals surface area (Å²) in [5.74, 6) is 2.31. The van der Waals surface area contributed by atoms with Crippen LogP contribution in [0.25, 0.3) is 0 Å². The number of nitro benzene ring substituents is 1. The Labute approximate surface area is 235 Å². The number of amides is 1. The Morgan fingerprint density at radius 1 is 1.10 bits per heavy atom. The van der Waals surface area contributed by atoms with Crippen molar-refractivity contribution in [3.05, 3.63) is 82.4 Å². The fourth-order valence-electron chi connectivity index (χ4n) is 3.69. The van der Waals surface area contributed by atoms with Gasteiger partial charge in [-0.05, 0) is 48.0 Å². The Bertz CT molecular complexity index is 1510. The third kappa shape index (κ3) is 6.63. The Hall–Kier alpha value is -4.30. The molecule has 0 radical (unpaired) electrons. The van der Waals surface area contributed by atoms with E-state index in [0.717, 1.165) is 33.7 Å². The molecule has 14 heteroatoms. The van der Waals surface area contributed by atoms with Gasteiger partial charge in [-0.3, -0.25) is 19.2 Å². The molecular formula is C26H26N4O8S2. The highest BCUT2D eigenvalue weighted by Gasteiger charge is 2.34. The van der Waals surface area contributed by atoms with E-state index in [9.17, 15) is 23.3 Å². The third-order valence-electron chi connectivity index (χ3n) is 5.77. The summed E-state index contributed by atoms with van der Waals surface area (Å²) in [4.78, 5) is 23.1. The number of anilines is 1. The average Bonchev–Trinajstić information content (AvgIpc) is 2.94. The van der Waals surface area contributed by atoms with Crippen molar-refractivity contribution in [3.8, 4) is 17.2 Å². The van der Waals surface area contributed by atoms with E-state index in [1.807, 2.05) is 11.8 Å². The number of hydrazone groups is 1. The first-order valence-electron chi connectivity index (χ1n) is 11.9. The first-order valence-corrected chi connectivity index (χ1v) is 14.5. The maximum atomic E-state index is 13.7. The smallest absolute Gasteiger partial charge is 0.289 e. The van der Waals surface area contributed by atoms with Crippen molar-refractivity contribution in [2.24, 2.45) is 5.10 Å². The lowest BCUT2D eigenvalue weighted by Gasteiger charge is -2.25. The molecule has 1 saturated heterocycles. The molecule has 0 atom stereocenters. The predicted molar refractivity (Wildman–Crippen MR) is 151 cm³/mol. The number of nitrogens with zero attached hydrogens (tertiary/aromatic N) is 3. The number of methoxy groups -OCH3 is 2. The van der Waals surface area contributed by atoms with E-state index >= 15 is 0 Å². The number of hydrogen-bond acceptors (Lipinski definition) is 10. The van der Waals surface area contributed by atoms with Gasteiger partial charge in [-0.15, -0.1) is 0 Å². The van der Waals surface area contributed by atoms with Crippen molar-refractivity contribution in [2.75, 3.05) is 36.6 Å². The number of nitrogens with one attached hydrogen (secondary N) is 1. The van der Waals surface area contributed by atoms with Crippen molar-refractivity contribution < 1.29 is 32.3 Å². The summed E-state index contributed by atoms with van der Waals surface area (Å²) in [6.07, 6.45) is 1.61. The molecule has 1 fully saturated rings. The number of rotatable bonds is 12. The summed E-state index contributed by atoms with van der Waals surface area (Å²) < 4.78 is 44.6. The molecule has 1 aliphatic rings. The lowest BCUT2D eigenvalue weighted by atomic mass is 10.2. The Kier molecular flexibility index (Phi) is 9.11. The van der Waals surface area contributed by atoms with Crippen molar-refractivity contribution in [3.63, 3.8) is 0 Å². The van der Waals surface area contributed by atoms with Crippen LogP contribution in [0.15, 0.2) is 76.7 Å². The van der Waals surface area contributed by atoms with Crippen LogP contribution in [0.5, 0.6) is 17.2 Å². The number of sulfonamides is 1. The molecule has 4 rings (SSSR count). The maximum absolute atomic E-state index is 13.7. The number of benzene rings is 3. The second kappa shape index (κ2) is 12.7. The normalized spacial score (nSPS) is 13.3. The summed E-state index contributed by atoms with van der Waals surface area (Å²) in [5.41, 5.74) is 2.32. The first-order chi connectivity index (χ1) is 19.2. The third-order valence-corrected chi connectivity index (χ3v) is 8.79. The molecule has 0 aromatic heterocycles. The van der Waals surface area contributed by atoms with Crippen LogP contribution in [-0.4, -0.2) is 63.8 Å². The lowest BCUT2D eigenvalue weighted by molar-refractivity contribution is -0.387. The lowest BCUT2D eigenvalue weighted by Crippen LogP contribution is -2.40. The fourth-order valence-corrected chi connectivity index (χ4v) is 5.84. The zero-order valence-electron chi connectivity index (χ0n) is 21.6. The van der Waals surface area contributed by atoms with E-state index in [1.165, 1.54) is 50.8 Å². The van der Waals surface area contributed by atoms with Gasteiger partial charge in [0.2, 0.25) is 0 Å². The Morgan fingerprint density at radius 2 is 1.80 bits per heavy atom. The van der Waals surface area contributed by atoms with Gasteiger partial charge < -0.3 is 14.2 Å². The van der Waals surface area contributed by atoms with Gasteiger partial charge >= 0.3 is 0 Å². The molecule has 3 aromatic carbocycles. The van der Waals surface area contributed by atoms with E-state index in [-0.39, 0.29) is 17.5 Å². The SMILES string of the molecule is COc1ccc(N(CC(=O)N/N=C\c2ccc(OC3CSC3)cc2)S(=O)(=O)c2ccccc2[N+](=O)[O-])c(OC)c1. The number of thioether (sulfide) groups is 1. The van der Waals surface area contributed by atoms with E-state index in [4.69, 9.17) is 14.2 Å². The summed E-state index contributed by atoms with van der Waals surface area (Å²) in [6.45, 7) is -0.749. The van der Waals surface area contributed by atoms with Crippen LogP contribution in [0.3, 0.4) is 0 Å². The zero-order valence-corrected chi connectivity index (χ0v) is 23.2. The molecule has 210 valence electrons. The molecule has 1 N–H and O–H groups in total. The van der Waals surface area contributed by atoms with Gasteiger partial charge in [0.05, 0.1) is 31.0 Å². The minimum absolute atomic E-state index is 0.0268. The molecule has 0 unspecified atom stereocenters. The first kappa shape index (κ1) is 28.7. The van der Waals surface area contributed by atoms with Crippen molar-refractivity contribution >= 4 is 45.3 Å². The zero-order chi connectivity index (χ0) is 28.7. The Morgan fingerprint density at radius 3 is 2.42 bits per heavy atom. The van der Waals surface area contributed by atoms with Crippen molar-refractivity contribution in [2.45, 2.75) is 11.0 Å². The molecule has 1 heterocycles. The van der Waals surface area contributed by atoms with Crippen LogP contribution in [0.2, 0.25) is 0 Å². The Balaban J connectivity index is 1.58. The van der Waals surface area contributed by atoms with Gasteiger partial charge in [0.25, 0.3) is 21.6 Å². The van der Waals surface area contributed by atoms with Gasteiger partial charge in [-0.1, -0.05) is 12.1 Å². The number of nitro groups is 1. The molecule has 3 aromatic rings. The average molecular weight is 587 g/mol. The predicted octanol–water partition coefficient (Wildman–Crippen LogP) is 3.45. The van der Waals surface area contributed by atoms with Crippen LogP contribution in [0.1, 0.15) is 5.56 Å². The number of ether oxygens (including phenoxy) is 3. The maximum Gasteiger partial charge on any atom is 0.289 e. The van der Waals surface area contributed by atoms with Gasteiger partial charge in [-0.25, -0.2) is 13.8 Å². The molecule has 12 nitrogen and oxygen atoms in total. The summed E-state index contributed by atoms with van der Waals surface area (Å²) in [7, 11) is -1.88. The van der Waals surface area contributed by atoms with Gasteiger partial charge in [0.1, 0.15) is 29.9 Å². The molecule has 0 bridgehead atoms. The quantitative estimate of drug-likeness (QED) is 0.191. The van der Waals surface area contributed by atoms with Gasteiger partial charge in [0, 0.05) is 23.6 Å². The highest BCUT2D eigenvalue weighted by molar-refractivity contribution is 8.00. The van der Waals surface area contributed by atoms with Crippen LogP contribution >= 0.6 is 11.8 Å². The minimum atomic E-state index is -4.62. The topological polar surface area (TPSA) is 150 Å². The minimum Gasteiger partial charge on any atom is -0.497 e. The standard InChI is InChI=1S/C26H26N4O8S2/c1-36-20-11-12-22(24(13-20)37-2)29(40(34,35)25-6-4-3-5-23(25)30(32)33)15-26(31)28-27-14-18-7-9-19(10-8-18)38-21-16-39-17-21/h3-14,21H,15-17H2,1-2H3,(H,28,31)/b27-14-. The van der Waals surface area contributed by atoms with Gasteiger partial charge in [-0.2, -0.15) is 16.9 Å². The van der Waals surface area contributed by atoms with E-state index < -0.39 is 38.0 Å². The van der Waals surface area contributed by atoms with E-state index in [0.29, 0.717) is 11.3 Å². The largest absolute Gasteiger partial charge is 0.497 e. The number of hydrogen-bond donors (Lipinski definition) is 1. The molecule has 1 amide bonds. The number of carbonyl (C=O) groups is 1. The molecule has 1 aliphatic heterocycles. The van der Waals surface area contributed by atoms with Crippen LogP contribution < -0.4 is 23.9 Å². The highest BCUT2D eigenvalue weighted by atomic mass is 32.2. The summed E-state index contributed by atoms with van der Waals surface area (Å²) >= 11 is 1.82. The van der Waals surface area contributed by atoms with E-state index in [1.54, 1.807) is 24.3 Å². The second-order valence-electron chi connectivity index (χ2n) is 8.41. The van der Waals surface area contributed by atoms with Crippen molar-refractivity contribution in [1.29, 1.82) is 0 Å². The number of para-hydroxylation sites is 1. The van der Waals surface area contributed by atoms with Crippen molar-refractivity contribution in [1.82, 2.24) is 5.43 Å². The summed E-state index contributed by atoms with van der Waals surface area (Å²) in [6, 6.07) is 16.3. The van der Waals surface area contributed by atoms with Crippen LogP contribution in [0, 0.1) is 10.1 Å². The fraction of sp³-hybridized carbons (Fsp3) is 0.231. The highest BCUT2D eigenvalue weighted by Crippen LogP contribution is 2.37.